The van der Waals surface area contributed by atoms with Gasteiger partial charge in [0.05, 0.1) is 28.2 Å². The summed E-state index contributed by atoms with van der Waals surface area (Å²) in [5.41, 5.74) is 1.31. The van der Waals surface area contributed by atoms with Gasteiger partial charge in [-0.05, 0) is 55.8 Å². The number of nitrogens with zero attached hydrogens (tertiary/aromatic N) is 3. The predicted octanol–water partition coefficient (Wildman–Crippen LogP) is 3.14. The van der Waals surface area contributed by atoms with Crippen molar-refractivity contribution in [3.63, 3.8) is 0 Å². The normalized spacial score (nSPS) is 11.7. The van der Waals surface area contributed by atoms with Crippen LogP contribution in [0.1, 0.15) is 16.8 Å². The number of aryl methyl sites for hydroxylation is 2. The van der Waals surface area contributed by atoms with Gasteiger partial charge in [0.1, 0.15) is 11.6 Å². The summed E-state index contributed by atoms with van der Waals surface area (Å²) >= 11 is 0. The fourth-order valence-corrected chi connectivity index (χ4v) is 3.71. The molecule has 0 saturated heterocycles. The third kappa shape index (κ3) is 3.58. The molecule has 1 aromatic heterocycles. The van der Waals surface area contributed by atoms with Gasteiger partial charge in [0.25, 0.3) is 0 Å². The molecule has 2 aromatic carbocycles. The second-order valence-corrected chi connectivity index (χ2v) is 7.74. The maximum absolute atomic E-state index is 13.9. The smallest absolute Gasteiger partial charge is 0.182 e. The lowest BCUT2D eigenvalue weighted by Crippen LogP contribution is -2.08. The van der Waals surface area contributed by atoms with E-state index in [1.165, 1.54) is 23.7 Å². The molecule has 0 amide bonds. The first kappa shape index (κ1) is 17.2. The Bertz CT molecular complexity index is 1030. The molecule has 0 radical (unpaired) electrons. The highest BCUT2D eigenvalue weighted by Crippen LogP contribution is 2.22. The van der Waals surface area contributed by atoms with Crippen molar-refractivity contribution in [2.75, 3.05) is 0 Å². The monoisotopic (exact) mass is 363 g/mol. The van der Waals surface area contributed by atoms with Crippen molar-refractivity contribution < 1.29 is 17.2 Å². The molecule has 5 nitrogen and oxygen atoms in total. The van der Waals surface area contributed by atoms with E-state index < -0.39 is 27.2 Å². The first-order valence-electron chi connectivity index (χ1n) is 7.43. The first-order valence-corrected chi connectivity index (χ1v) is 9.08. The van der Waals surface area contributed by atoms with Crippen LogP contribution in [0.4, 0.5) is 8.78 Å². The van der Waals surface area contributed by atoms with Crippen LogP contribution in [0.15, 0.2) is 47.5 Å². The minimum absolute atomic E-state index is 0.0217. The Balaban J connectivity index is 1.89. The molecule has 3 aromatic rings. The molecular formula is C17H15F2N3O2S. The maximum Gasteiger partial charge on any atom is 0.182 e. The van der Waals surface area contributed by atoms with E-state index in [-0.39, 0.29) is 16.0 Å². The van der Waals surface area contributed by atoms with Gasteiger partial charge in [-0.3, -0.25) is 0 Å². The Morgan fingerprint density at radius 1 is 1.04 bits per heavy atom. The highest BCUT2D eigenvalue weighted by atomic mass is 32.2. The van der Waals surface area contributed by atoms with Crippen LogP contribution >= 0.6 is 0 Å². The molecule has 0 fully saturated rings. The van der Waals surface area contributed by atoms with Gasteiger partial charge in [0, 0.05) is 5.56 Å². The topological polar surface area (TPSA) is 64.8 Å². The van der Waals surface area contributed by atoms with Crippen molar-refractivity contribution in [1.29, 1.82) is 0 Å². The minimum atomic E-state index is -3.81. The zero-order valence-electron chi connectivity index (χ0n) is 13.6. The highest BCUT2D eigenvalue weighted by molar-refractivity contribution is 7.90. The van der Waals surface area contributed by atoms with Crippen molar-refractivity contribution in [3.8, 4) is 5.69 Å². The van der Waals surface area contributed by atoms with Crippen molar-refractivity contribution in [2.45, 2.75) is 24.5 Å². The summed E-state index contributed by atoms with van der Waals surface area (Å²) in [6.07, 6.45) is 1.70. The average molecular weight is 363 g/mol. The lowest BCUT2D eigenvalue weighted by atomic mass is 10.1. The van der Waals surface area contributed by atoms with Gasteiger partial charge in [-0.15, -0.1) is 5.10 Å². The van der Waals surface area contributed by atoms with Gasteiger partial charge >= 0.3 is 0 Å². The van der Waals surface area contributed by atoms with Gasteiger partial charge in [-0.2, -0.15) is 0 Å². The highest BCUT2D eigenvalue weighted by Gasteiger charge is 2.19. The quantitative estimate of drug-likeness (QED) is 0.714. The van der Waals surface area contributed by atoms with E-state index in [0.717, 1.165) is 17.8 Å². The molecule has 25 heavy (non-hydrogen) atoms. The molecule has 0 spiro atoms. The Hall–Kier alpha value is -2.61. The van der Waals surface area contributed by atoms with Crippen LogP contribution in [0, 0.1) is 25.5 Å². The number of sulfone groups is 1. The molecular weight excluding hydrogens is 348 g/mol. The number of benzene rings is 2. The molecule has 1 heterocycles. The molecule has 8 heteroatoms. The number of rotatable bonds is 4. The molecule has 0 bridgehead atoms. The van der Waals surface area contributed by atoms with E-state index >= 15 is 0 Å². The zero-order valence-corrected chi connectivity index (χ0v) is 14.4. The number of aromatic nitrogens is 3. The van der Waals surface area contributed by atoms with Gasteiger partial charge in [0.15, 0.2) is 9.84 Å². The van der Waals surface area contributed by atoms with Crippen LogP contribution in [0.25, 0.3) is 5.69 Å². The van der Waals surface area contributed by atoms with E-state index in [4.69, 9.17) is 0 Å². The van der Waals surface area contributed by atoms with Gasteiger partial charge in [0.2, 0.25) is 0 Å². The Labute approximate surface area is 143 Å². The Kier molecular flexibility index (Phi) is 4.38. The third-order valence-electron chi connectivity index (χ3n) is 3.74. The van der Waals surface area contributed by atoms with E-state index in [2.05, 4.69) is 10.3 Å². The fraction of sp³-hybridized carbons (Fsp3) is 0.176. The molecule has 0 aliphatic heterocycles. The van der Waals surface area contributed by atoms with Crippen molar-refractivity contribution >= 4 is 9.84 Å². The summed E-state index contributed by atoms with van der Waals surface area (Å²) < 4.78 is 54.0. The van der Waals surface area contributed by atoms with Gasteiger partial charge < -0.3 is 0 Å². The number of halogens is 2. The van der Waals surface area contributed by atoms with Crippen LogP contribution in [-0.4, -0.2) is 23.4 Å². The van der Waals surface area contributed by atoms with Crippen molar-refractivity contribution in [1.82, 2.24) is 15.0 Å². The average Bonchev–Trinajstić information content (AvgIpc) is 2.99. The Morgan fingerprint density at radius 3 is 2.32 bits per heavy atom. The fourth-order valence-electron chi connectivity index (χ4n) is 2.37. The van der Waals surface area contributed by atoms with Crippen LogP contribution in [0.2, 0.25) is 0 Å². The van der Waals surface area contributed by atoms with Crippen LogP contribution in [0.3, 0.4) is 0 Å². The maximum atomic E-state index is 13.9. The molecule has 0 N–H and O–H groups in total. The summed E-state index contributed by atoms with van der Waals surface area (Å²) in [5.74, 6) is -1.99. The van der Waals surface area contributed by atoms with E-state index in [1.54, 1.807) is 25.3 Å². The van der Waals surface area contributed by atoms with Crippen LogP contribution < -0.4 is 0 Å². The lowest BCUT2D eigenvalue weighted by Gasteiger charge is -2.08. The molecule has 0 aliphatic rings. The first-order chi connectivity index (χ1) is 11.8. The summed E-state index contributed by atoms with van der Waals surface area (Å²) in [7, 11) is -3.81. The molecule has 0 saturated carbocycles. The summed E-state index contributed by atoms with van der Waals surface area (Å²) in [6.45, 7) is 3.21. The van der Waals surface area contributed by atoms with Gasteiger partial charge in [-0.1, -0.05) is 5.21 Å². The minimum Gasteiger partial charge on any atom is -0.223 e. The summed E-state index contributed by atoms with van der Waals surface area (Å²) in [6, 6.07) is 7.89. The SMILES string of the molecule is Cc1cn(-c2ccc(S(=O)(=O)Cc3cc(F)c(C)cc3F)cc2)nn1. The van der Waals surface area contributed by atoms with Crippen LogP contribution in [-0.2, 0) is 15.6 Å². The lowest BCUT2D eigenvalue weighted by molar-refractivity contribution is 0.574. The van der Waals surface area contributed by atoms with Crippen molar-refractivity contribution in [2.24, 2.45) is 0 Å². The molecule has 3 rings (SSSR count). The van der Waals surface area contributed by atoms with Crippen LogP contribution in [0.5, 0.6) is 0 Å². The standard InChI is InChI=1S/C17H15F2N3O2S/c1-11-7-17(19)13(8-16(11)18)10-25(23,24)15-5-3-14(4-6-15)22-9-12(2)20-21-22/h3-9H,10H2,1-2H3. The van der Waals surface area contributed by atoms with Gasteiger partial charge in [-0.25, -0.2) is 21.9 Å². The summed E-state index contributed by atoms with van der Waals surface area (Å²) in [5, 5.41) is 7.76. The second kappa shape index (κ2) is 6.36. The molecule has 0 atom stereocenters. The predicted molar refractivity (Wildman–Crippen MR) is 88.1 cm³/mol. The zero-order chi connectivity index (χ0) is 18.2. The van der Waals surface area contributed by atoms with E-state index in [1.807, 2.05) is 0 Å². The van der Waals surface area contributed by atoms with E-state index in [0.29, 0.717) is 5.69 Å². The Morgan fingerprint density at radius 2 is 1.72 bits per heavy atom. The second-order valence-electron chi connectivity index (χ2n) is 5.75. The van der Waals surface area contributed by atoms with E-state index in [9.17, 15) is 17.2 Å². The molecule has 0 aliphatic carbocycles. The van der Waals surface area contributed by atoms with Crippen molar-refractivity contribution in [3.05, 3.63) is 71.1 Å². The molecule has 130 valence electrons. The largest absolute Gasteiger partial charge is 0.223 e. The third-order valence-corrected chi connectivity index (χ3v) is 5.42. The number of hydrogen-bond acceptors (Lipinski definition) is 4. The summed E-state index contributed by atoms with van der Waals surface area (Å²) in [4.78, 5) is 0.0217. The molecule has 0 unspecified atom stereocenters. The number of hydrogen-bond donors (Lipinski definition) is 0.